The van der Waals surface area contributed by atoms with E-state index in [0.29, 0.717) is 10.6 Å². The van der Waals surface area contributed by atoms with Crippen molar-refractivity contribution in [2.45, 2.75) is 12.1 Å². The van der Waals surface area contributed by atoms with Gasteiger partial charge in [-0.2, -0.15) is 0 Å². The molecule has 1 aliphatic carbocycles. The van der Waals surface area contributed by atoms with E-state index in [9.17, 15) is 9.18 Å². The quantitative estimate of drug-likeness (QED) is 0.821. The van der Waals surface area contributed by atoms with Gasteiger partial charge in [-0.05, 0) is 17.7 Å². The first-order valence-corrected chi connectivity index (χ1v) is 4.61. The maximum Gasteiger partial charge on any atom is 0.310 e. The van der Waals surface area contributed by atoms with Crippen molar-refractivity contribution in [1.82, 2.24) is 0 Å². The maximum atomic E-state index is 13.1. The summed E-state index contributed by atoms with van der Waals surface area (Å²) in [6.45, 7) is 0. The number of carboxylic acids is 1. The van der Waals surface area contributed by atoms with E-state index in [1.165, 1.54) is 0 Å². The Morgan fingerprint density at radius 1 is 1.50 bits per heavy atom. The Hall–Kier alpha value is -1.09. The Balaban J connectivity index is 2.22. The molecule has 0 aromatic heterocycles. The van der Waals surface area contributed by atoms with Crippen molar-refractivity contribution < 1.29 is 14.3 Å². The second-order valence-electron chi connectivity index (χ2n) is 3.39. The Kier molecular flexibility index (Phi) is 2.19. The molecule has 0 aliphatic heterocycles. The van der Waals surface area contributed by atoms with E-state index in [2.05, 4.69) is 0 Å². The summed E-state index contributed by atoms with van der Waals surface area (Å²) in [6, 6.07) is 6.69. The molecule has 3 atom stereocenters. The molecule has 1 aliphatic rings. The zero-order valence-electron chi connectivity index (χ0n) is 7.15. The Morgan fingerprint density at radius 3 is 2.71 bits per heavy atom. The largest absolute Gasteiger partial charge is 0.481 e. The monoisotopic (exact) mass is 214 g/mol. The van der Waals surface area contributed by atoms with Crippen LogP contribution < -0.4 is 0 Å². The van der Waals surface area contributed by atoms with Gasteiger partial charge in [0.25, 0.3) is 0 Å². The van der Waals surface area contributed by atoms with Crippen molar-refractivity contribution in [2.75, 3.05) is 0 Å². The zero-order valence-corrected chi connectivity index (χ0v) is 7.91. The Bertz CT molecular complexity index is 380. The van der Waals surface area contributed by atoms with Gasteiger partial charge in [0.2, 0.25) is 0 Å². The van der Waals surface area contributed by atoms with E-state index in [4.69, 9.17) is 16.7 Å². The number of carboxylic acid groups (broad SMARTS) is 1. The second-order valence-corrected chi connectivity index (χ2v) is 3.83. The highest BCUT2D eigenvalue weighted by molar-refractivity contribution is 6.30. The van der Waals surface area contributed by atoms with Crippen molar-refractivity contribution in [2.24, 2.45) is 5.92 Å². The van der Waals surface area contributed by atoms with Gasteiger partial charge < -0.3 is 5.11 Å². The fraction of sp³-hybridized carbons (Fsp3) is 0.300. The molecule has 1 saturated carbocycles. The van der Waals surface area contributed by atoms with E-state index in [0.717, 1.165) is 0 Å². The van der Waals surface area contributed by atoms with Crippen LogP contribution in [0.25, 0.3) is 0 Å². The lowest BCUT2D eigenvalue weighted by Gasteiger charge is -1.97. The zero-order chi connectivity index (χ0) is 10.3. The lowest BCUT2D eigenvalue weighted by molar-refractivity contribution is -0.139. The van der Waals surface area contributed by atoms with Crippen molar-refractivity contribution in [3.8, 4) is 0 Å². The van der Waals surface area contributed by atoms with E-state index in [1.54, 1.807) is 24.3 Å². The van der Waals surface area contributed by atoms with Gasteiger partial charge in [0.15, 0.2) is 0 Å². The Labute approximate surface area is 85.3 Å². The maximum absolute atomic E-state index is 13.1. The molecule has 0 heterocycles. The molecule has 0 radical (unpaired) electrons. The lowest BCUT2D eigenvalue weighted by Crippen LogP contribution is -2.00. The molecule has 1 aromatic carbocycles. The van der Waals surface area contributed by atoms with Crippen molar-refractivity contribution in [1.29, 1.82) is 0 Å². The standard InChI is InChI=1S/C10H8ClFO2/c11-6-3-1-2-5(4-6)7-8(9(7)12)10(13)14/h1-4,7-9H,(H,13,14)/t7-,8-,9?/m1/s1. The molecule has 2 nitrogen and oxygen atoms in total. The average molecular weight is 215 g/mol. The molecule has 1 unspecified atom stereocenters. The summed E-state index contributed by atoms with van der Waals surface area (Å²) in [5.41, 5.74) is 0.664. The summed E-state index contributed by atoms with van der Waals surface area (Å²) in [5, 5.41) is 9.16. The summed E-state index contributed by atoms with van der Waals surface area (Å²) in [4.78, 5) is 10.6. The molecule has 0 saturated heterocycles. The molecule has 1 aromatic rings. The molecule has 1 N–H and O–H groups in total. The summed E-state index contributed by atoms with van der Waals surface area (Å²) in [5.74, 6) is -2.50. The van der Waals surface area contributed by atoms with Gasteiger partial charge in [-0.25, -0.2) is 4.39 Å². The highest BCUT2D eigenvalue weighted by atomic mass is 35.5. The van der Waals surface area contributed by atoms with Gasteiger partial charge in [-0.3, -0.25) is 4.79 Å². The number of hydrogen-bond acceptors (Lipinski definition) is 1. The topological polar surface area (TPSA) is 37.3 Å². The summed E-state index contributed by atoms with van der Waals surface area (Å²) >= 11 is 5.72. The van der Waals surface area contributed by atoms with Crippen LogP contribution in [0.15, 0.2) is 24.3 Å². The van der Waals surface area contributed by atoms with Crippen molar-refractivity contribution in [3.63, 3.8) is 0 Å². The number of hydrogen-bond donors (Lipinski definition) is 1. The molecule has 74 valence electrons. The first-order valence-electron chi connectivity index (χ1n) is 4.23. The third-order valence-electron chi connectivity index (χ3n) is 2.45. The molecule has 14 heavy (non-hydrogen) atoms. The number of aliphatic carboxylic acids is 1. The van der Waals surface area contributed by atoms with Gasteiger partial charge >= 0.3 is 5.97 Å². The van der Waals surface area contributed by atoms with E-state index in [-0.39, 0.29) is 0 Å². The van der Waals surface area contributed by atoms with Crippen LogP contribution in [0.3, 0.4) is 0 Å². The molecule has 2 rings (SSSR count). The molecular weight excluding hydrogens is 207 g/mol. The molecule has 4 heteroatoms. The van der Waals surface area contributed by atoms with Crippen LogP contribution in [0, 0.1) is 5.92 Å². The molecule has 0 bridgehead atoms. The number of halogens is 2. The van der Waals surface area contributed by atoms with Crippen LogP contribution in [0.5, 0.6) is 0 Å². The number of benzene rings is 1. The summed E-state index contributed by atoms with van der Waals surface area (Å²) in [6.07, 6.45) is -1.27. The van der Waals surface area contributed by atoms with Gasteiger partial charge in [-0.1, -0.05) is 23.7 Å². The van der Waals surface area contributed by atoms with Gasteiger partial charge in [0.1, 0.15) is 6.17 Å². The minimum atomic E-state index is -1.27. The van der Waals surface area contributed by atoms with Crippen molar-refractivity contribution >= 4 is 17.6 Å². The third kappa shape index (κ3) is 1.48. The lowest BCUT2D eigenvalue weighted by atomic mass is 10.1. The van der Waals surface area contributed by atoms with Gasteiger partial charge in [0, 0.05) is 10.9 Å². The SMILES string of the molecule is O=C(O)[C@H]1C(F)[C@@H]1c1cccc(Cl)c1. The normalized spacial score (nSPS) is 30.0. The Morgan fingerprint density at radius 2 is 2.21 bits per heavy atom. The first kappa shape index (κ1) is 9.46. The van der Waals surface area contributed by atoms with Gasteiger partial charge in [-0.15, -0.1) is 0 Å². The predicted molar refractivity (Wildman–Crippen MR) is 50.2 cm³/mol. The van der Waals surface area contributed by atoms with E-state index < -0.39 is 24.0 Å². The van der Waals surface area contributed by atoms with Crippen LogP contribution in [0.2, 0.25) is 5.02 Å². The number of carbonyl (C=O) groups is 1. The van der Waals surface area contributed by atoms with Crippen LogP contribution in [-0.4, -0.2) is 17.2 Å². The van der Waals surface area contributed by atoms with Crippen LogP contribution in [0.1, 0.15) is 11.5 Å². The molecule has 1 fully saturated rings. The predicted octanol–water partition coefficient (Wildman–Crippen LogP) is 2.48. The fourth-order valence-corrected chi connectivity index (χ4v) is 1.87. The third-order valence-corrected chi connectivity index (χ3v) is 2.69. The molecular formula is C10H8ClFO2. The number of rotatable bonds is 2. The second kappa shape index (κ2) is 3.24. The summed E-state index contributed by atoms with van der Waals surface area (Å²) in [7, 11) is 0. The smallest absolute Gasteiger partial charge is 0.310 e. The highest BCUT2D eigenvalue weighted by Crippen LogP contribution is 2.50. The molecule has 0 amide bonds. The highest BCUT2D eigenvalue weighted by Gasteiger charge is 2.57. The average Bonchev–Trinajstić information content (AvgIpc) is 2.77. The first-order chi connectivity index (χ1) is 6.61. The van der Waals surface area contributed by atoms with Crippen LogP contribution in [0.4, 0.5) is 4.39 Å². The number of alkyl halides is 1. The van der Waals surface area contributed by atoms with Crippen molar-refractivity contribution in [3.05, 3.63) is 34.9 Å². The molecule has 0 spiro atoms. The van der Waals surface area contributed by atoms with E-state index in [1.807, 2.05) is 0 Å². The minimum Gasteiger partial charge on any atom is -0.481 e. The minimum absolute atomic E-state index is 0.505. The van der Waals surface area contributed by atoms with Gasteiger partial charge in [0.05, 0.1) is 5.92 Å². The van der Waals surface area contributed by atoms with Crippen LogP contribution >= 0.6 is 11.6 Å². The summed E-state index contributed by atoms with van der Waals surface area (Å²) < 4.78 is 13.1. The van der Waals surface area contributed by atoms with Crippen LogP contribution in [-0.2, 0) is 4.79 Å². The fourth-order valence-electron chi connectivity index (χ4n) is 1.67. The van der Waals surface area contributed by atoms with E-state index >= 15 is 0 Å².